The minimum absolute atomic E-state index is 0.0403. The number of anilines is 1. The highest BCUT2D eigenvalue weighted by Crippen LogP contribution is 2.24. The lowest BCUT2D eigenvalue weighted by atomic mass is 10.2. The van der Waals surface area contributed by atoms with E-state index in [0.717, 1.165) is 5.56 Å². The van der Waals surface area contributed by atoms with Crippen molar-refractivity contribution in [2.75, 3.05) is 5.32 Å². The number of hydrogen-bond donors (Lipinski definition) is 1. The molecule has 0 unspecified atom stereocenters. The molecule has 1 amide bonds. The lowest BCUT2D eigenvalue weighted by molar-refractivity contribution is -0.0501. The summed E-state index contributed by atoms with van der Waals surface area (Å²) in [6.07, 6.45) is 1.58. The van der Waals surface area contributed by atoms with E-state index in [0.29, 0.717) is 6.54 Å². The van der Waals surface area contributed by atoms with Gasteiger partial charge in [-0.25, -0.2) is 0 Å². The van der Waals surface area contributed by atoms with Crippen LogP contribution in [-0.2, 0) is 6.54 Å². The Kier molecular flexibility index (Phi) is 5.48. The number of benzene rings is 2. The normalized spacial score (nSPS) is 10.8. The fraction of sp³-hybridized carbons (Fsp3) is 0.111. The van der Waals surface area contributed by atoms with Gasteiger partial charge in [-0.2, -0.15) is 13.9 Å². The summed E-state index contributed by atoms with van der Waals surface area (Å²) in [6.45, 7) is -2.56. The lowest BCUT2D eigenvalue weighted by Gasteiger charge is -2.10. The number of nitrogens with zero attached hydrogens (tertiary/aromatic N) is 2. The largest absolute Gasteiger partial charge is 0.434 e. The number of halogens is 3. The highest BCUT2D eigenvalue weighted by atomic mass is 35.5. The average Bonchev–Trinajstić information content (AvgIpc) is 2.94. The predicted octanol–water partition coefficient (Wildman–Crippen LogP) is 4.44. The van der Waals surface area contributed by atoms with Crippen molar-refractivity contribution in [3.8, 4) is 5.75 Å². The van der Waals surface area contributed by atoms with Crippen molar-refractivity contribution in [3.05, 3.63) is 76.9 Å². The number of para-hydroxylation sites is 1. The molecular weight excluding hydrogens is 364 g/mol. The monoisotopic (exact) mass is 377 g/mol. The summed E-state index contributed by atoms with van der Waals surface area (Å²) in [6, 6.07) is 15.3. The van der Waals surface area contributed by atoms with Crippen LogP contribution in [0.3, 0.4) is 0 Å². The molecule has 26 heavy (non-hydrogen) atoms. The Hall–Kier alpha value is -2.93. The van der Waals surface area contributed by atoms with E-state index < -0.39 is 12.5 Å². The van der Waals surface area contributed by atoms with Crippen LogP contribution < -0.4 is 10.1 Å². The molecule has 0 aliphatic rings. The lowest BCUT2D eigenvalue weighted by Crippen LogP contribution is -2.15. The van der Waals surface area contributed by atoms with Gasteiger partial charge in [0.05, 0.1) is 12.1 Å². The van der Waals surface area contributed by atoms with Gasteiger partial charge in [-0.15, -0.1) is 0 Å². The van der Waals surface area contributed by atoms with Crippen molar-refractivity contribution in [3.63, 3.8) is 0 Å². The Balaban J connectivity index is 1.76. The second-order valence-electron chi connectivity index (χ2n) is 5.34. The van der Waals surface area contributed by atoms with Gasteiger partial charge in [0, 0.05) is 6.20 Å². The van der Waals surface area contributed by atoms with Crippen LogP contribution >= 0.6 is 11.6 Å². The molecule has 8 heteroatoms. The maximum Gasteiger partial charge on any atom is 0.387 e. The van der Waals surface area contributed by atoms with Gasteiger partial charge in [0.15, 0.2) is 5.82 Å². The first-order valence-electron chi connectivity index (χ1n) is 7.65. The molecule has 0 fully saturated rings. The Morgan fingerprint density at radius 2 is 1.85 bits per heavy atom. The molecule has 0 radical (unpaired) electrons. The molecule has 0 spiro atoms. The zero-order valence-corrected chi connectivity index (χ0v) is 14.2. The SMILES string of the molecule is O=C(Nc1nn(Cc2ccccc2)cc1Cl)c1ccccc1OC(F)F. The van der Waals surface area contributed by atoms with Gasteiger partial charge >= 0.3 is 6.61 Å². The molecule has 3 rings (SSSR count). The van der Waals surface area contributed by atoms with Gasteiger partial charge in [-0.1, -0.05) is 54.1 Å². The van der Waals surface area contributed by atoms with Gasteiger partial charge < -0.3 is 10.1 Å². The third kappa shape index (κ3) is 4.37. The standard InChI is InChI=1S/C18H14ClF2N3O2/c19-14-11-24(10-12-6-2-1-3-7-12)23-16(14)22-17(25)13-8-4-5-9-15(13)26-18(20)21/h1-9,11,18H,10H2,(H,22,23,25). The Bertz CT molecular complexity index is 900. The smallest absolute Gasteiger partial charge is 0.387 e. The van der Waals surface area contributed by atoms with Crippen LogP contribution in [0.15, 0.2) is 60.8 Å². The molecule has 3 aromatic rings. The van der Waals surface area contributed by atoms with Crippen LogP contribution in [0.2, 0.25) is 5.02 Å². The minimum atomic E-state index is -3.03. The molecule has 2 aromatic carbocycles. The van der Waals surface area contributed by atoms with E-state index in [1.165, 1.54) is 18.2 Å². The molecule has 0 saturated heterocycles. The number of alkyl halides is 2. The van der Waals surface area contributed by atoms with Crippen LogP contribution in [0.5, 0.6) is 5.75 Å². The van der Waals surface area contributed by atoms with E-state index in [1.807, 2.05) is 30.3 Å². The average molecular weight is 378 g/mol. The summed E-state index contributed by atoms with van der Waals surface area (Å²) in [4.78, 5) is 12.4. The molecule has 134 valence electrons. The number of carbonyl (C=O) groups is 1. The van der Waals surface area contributed by atoms with Crippen molar-refractivity contribution in [2.24, 2.45) is 0 Å². The molecule has 0 atom stereocenters. The number of nitrogens with one attached hydrogen (secondary N) is 1. The fourth-order valence-corrected chi connectivity index (χ4v) is 2.56. The number of amides is 1. The predicted molar refractivity (Wildman–Crippen MR) is 93.8 cm³/mol. The molecule has 0 saturated carbocycles. The van der Waals surface area contributed by atoms with Crippen molar-refractivity contribution < 1.29 is 18.3 Å². The summed E-state index contributed by atoms with van der Waals surface area (Å²) < 4.78 is 30.9. The maximum atomic E-state index is 12.5. The highest BCUT2D eigenvalue weighted by molar-refractivity contribution is 6.33. The zero-order valence-electron chi connectivity index (χ0n) is 13.4. The van der Waals surface area contributed by atoms with Crippen LogP contribution in [0.1, 0.15) is 15.9 Å². The molecule has 5 nitrogen and oxygen atoms in total. The number of ether oxygens (including phenoxy) is 1. The fourth-order valence-electron chi connectivity index (χ4n) is 2.36. The maximum absolute atomic E-state index is 12.5. The molecule has 1 heterocycles. The minimum Gasteiger partial charge on any atom is -0.434 e. The summed E-state index contributed by atoms with van der Waals surface area (Å²) in [5.74, 6) is -0.729. The first-order chi connectivity index (χ1) is 12.5. The summed E-state index contributed by atoms with van der Waals surface area (Å²) in [7, 11) is 0. The summed E-state index contributed by atoms with van der Waals surface area (Å²) >= 11 is 6.12. The second kappa shape index (κ2) is 7.97. The van der Waals surface area contributed by atoms with Crippen molar-refractivity contribution in [1.29, 1.82) is 0 Å². The van der Waals surface area contributed by atoms with Gasteiger partial charge in [0.25, 0.3) is 5.91 Å². The van der Waals surface area contributed by atoms with Gasteiger partial charge in [-0.05, 0) is 17.7 Å². The number of hydrogen-bond acceptors (Lipinski definition) is 3. The van der Waals surface area contributed by atoms with E-state index in [-0.39, 0.29) is 22.2 Å². The van der Waals surface area contributed by atoms with Crippen molar-refractivity contribution >= 4 is 23.3 Å². The first kappa shape index (κ1) is 17.9. The molecule has 1 N–H and O–H groups in total. The van der Waals surface area contributed by atoms with Crippen LogP contribution in [0, 0.1) is 0 Å². The van der Waals surface area contributed by atoms with E-state index in [1.54, 1.807) is 16.9 Å². The molecular formula is C18H14ClF2N3O2. The quantitative estimate of drug-likeness (QED) is 0.691. The summed E-state index contributed by atoms with van der Waals surface area (Å²) in [5.41, 5.74) is 0.974. The second-order valence-corrected chi connectivity index (χ2v) is 5.74. The zero-order chi connectivity index (χ0) is 18.5. The highest BCUT2D eigenvalue weighted by Gasteiger charge is 2.18. The van der Waals surface area contributed by atoms with E-state index >= 15 is 0 Å². The van der Waals surface area contributed by atoms with Gasteiger partial charge in [0.1, 0.15) is 10.8 Å². The van der Waals surface area contributed by atoms with Gasteiger partial charge in [0.2, 0.25) is 0 Å². The number of rotatable bonds is 6. The van der Waals surface area contributed by atoms with Crippen LogP contribution in [0.25, 0.3) is 0 Å². The third-order valence-electron chi connectivity index (χ3n) is 3.48. The third-order valence-corrected chi connectivity index (χ3v) is 3.76. The molecule has 1 aromatic heterocycles. The Morgan fingerprint density at radius 3 is 2.58 bits per heavy atom. The van der Waals surface area contributed by atoms with Crippen LogP contribution in [-0.4, -0.2) is 22.3 Å². The number of aromatic nitrogens is 2. The topological polar surface area (TPSA) is 56.2 Å². The molecule has 0 aliphatic heterocycles. The Morgan fingerprint density at radius 1 is 1.15 bits per heavy atom. The van der Waals surface area contributed by atoms with Crippen LogP contribution in [0.4, 0.5) is 14.6 Å². The number of carbonyl (C=O) groups excluding carboxylic acids is 1. The van der Waals surface area contributed by atoms with Crippen molar-refractivity contribution in [2.45, 2.75) is 13.2 Å². The summed E-state index contributed by atoms with van der Waals surface area (Å²) in [5, 5.41) is 6.98. The molecule has 0 aliphatic carbocycles. The van der Waals surface area contributed by atoms with E-state index in [9.17, 15) is 13.6 Å². The first-order valence-corrected chi connectivity index (χ1v) is 8.03. The van der Waals surface area contributed by atoms with Crippen molar-refractivity contribution in [1.82, 2.24) is 9.78 Å². The Labute approximate surface area is 153 Å². The van der Waals surface area contributed by atoms with E-state index in [2.05, 4.69) is 15.2 Å². The molecule has 0 bridgehead atoms. The van der Waals surface area contributed by atoms with Gasteiger partial charge in [-0.3, -0.25) is 9.48 Å². The van der Waals surface area contributed by atoms with E-state index in [4.69, 9.17) is 11.6 Å².